The molecule has 1 amide bonds. The number of carbonyl (C=O) groups is 1. The van der Waals surface area contributed by atoms with Crippen molar-refractivity contribution in [2.75, 3.05) is 19.8 Å². The molecule has 0 aliphatic carbocycles. The third kappa shape index (κ3) is 7.74. The summed E-state index contributed by atoms with van der Waals surface area (Å²) in [5.41, 5.74) is -3.36. The molecule has 3 aromatic rings. The molecule has 3 atom stereocenters. The van der Waals surface area contributed by atoms with E-state index in [1.807, 2.05) is 25.1 Å². The number of aliphatic hydroxyl groups excluding tert-OH is 1. The number of carbonyl (C=O) groups excluding carboxylic acids is 1. The van der Waals surface area contributed by atoms with E-state index in [0.29, 0.717) is 37.0 Å². The number of alkyl halides is 6. The second-order valence-electron chi connectivity index (χ2n) is 11.6. The Bertz CT molecular complexity index is 1370. The van der Waals surface area contributed by atoms with Crippen LogP contribution in [0.25, 0.3) is 0 Å². The maximum absolute atomic E-state index is 13.8. The Morgan fingerprint density at radius 1 is 0.909 bits per heavy atom. The number of rotatable bonds is 9. The van der Waals surface area contributed by atoms with E-state index in [1.54, 1.807) is 42.5 Å². The van der Waals surface area contributed by atoms with Crippen LogP contribution in [-0.2, 0) is 34.0 Å². The highest BCUT2D eigenvalue weighted by Gasteiger charge is 2.50. The standard InChI is InChI=1S/C33H35F6NO4/c1-23(25-17-27(32(34,35)36)19-28(18-25)33(37,38)39)44-22-31(26-11-7-4-8-12-26)14-13-30(2,15-16-41)21-40(31)29(42)43-20-24-9-5-3-6-10-24/h3-12,17-19,23,41H,13-16,20-22H2,1-2H3. The van der Waals surface area contributed by atoms with E-state index in [-0.39, 0.29) is 38.0 Å². The summed E-state index contributed by atoms with van der Waals surface area (Å²) in [4.78, 5) is 15.3. The van der Waals surface area contributed by atoms with Crippen molar-refractivity contribution in [2.45, 2.75) is 63.7 Å². The first-order valence-corrected chi connectivity index (χ1v) is 14.2. The molecule has 0 radical (unpaired) electrons. The zero-order valence-corrected chi connectivity index (χ0v) is 24.4. The zero-order valence-electron chi connectivity index (χ0n) is 24.4. The molecule has 0 bridgehead atoms. The van der Waals surface area contributed by atoms with E-state index >= 15 is 0 Å². The highest BCUT2D eigenvalue weighted by molar-refractivity contribution is 5.70. The molecule has 0 spiro atoms. The molecular formula is C33H35F6NO4. The number of benzene rings is 3. The van der Waals surface area contributed by atoms with E-state index in [4.69, 9.17) is 9.47 Å². The van der Waals surface area contributed by atoms with Crippen LogP contribution in [0.3, 0.4) is 0 Å². The van der Waals surface area contributed by atoms with E-state index < -0.39 is 46.6 Å². The van der Waals surface area contributed by atoms with Gasteiger partial charge in [0.05, 0.1) is 29.4 Å². The topological polar surface area (TPSA) is 59.0 Å². The van der Waals surface area contributed by atoms with Crippen molar-refractivity contribution in [3.63, 3.8) is 0 Å². The first-order chi connectivity index (χ1) is 20.7. The molecule has 1 heterocycles. The van der Waals surface area contributed by atoms with Gasteiger partial charge in [0.15, 0.2) is 0 Å². The van der Waals surface area contributed by atoms with E-state index in [9.17, 15) is 36.2 Å². The second-order valence-corrected chi connectivity index (χ2v) is 11.6. The number of nitrogens with zero attached hydrogens (tertiary/aromatic N) is 1. The van der Waals surface area contributed by atoms with Gasteiger partial charge in [-0.15, -0.1) is 0 Å². The molecule has 238 valence electrons. The van der Waals surface area contributed by atoms with Gasteiger partial charge >= 0.3 is 18.4 Å². The Kier molecular flexibility index (Phi) is 9.99. The van der Waals surface area contributed by atoms with Crippen molar-refractivity contribution in [2.24, 2.45) is 5.41 Å². The minimum absolute atomic E-state index is 0.0144. The van der Waals surface area contributed by atoms with Gasteiger partial charge in [-0.05, 0) is 66.5 Å². The Morgan fingerprint density at radius 2 is 1.48 bits per heavy atom. The first kappa shape index (κ1) is 33.3. The zero-order chi connectivity index (χ0) is 32.2. The molecule has 0 aromatic heterocycles. The lowest BCUT2D eigenvalue weighted by molar-refractivity contribution is -0.143. The maximum atomic E-state index is 13.8. The van der Waals surface area contributed by atoms with Gasteiger partial charge < -0.3 is 14.6 Å². The minimum Gasteiger partial charge on any atom is -0.445 e. The molecule has 1 saturated heterocycles. The van der Waals surface area contributed by atoms with Gasteiger partial charge in [0.1, 0.15) is 6.61 Å². The van der Waals surface area contributed by atoms with Crippen LogP contribution in [0.15, 0.2) is 78.9 Å². The van der Waals surface area contributed by atoms with Crippen molar-refractivity contribution in [1.82, 2.24) is 4.90 Å². The van der Waals surface area contributed by atoms with Crippen LogP contribution in [0.5, 0.6) is 0 Å². The summed E-state index contributed by atoms with van der Waals surface area (Å²) in [5, 5.41) is 9.75. The maximum Gasteiger partial charge on any atom is 0.416 e. The van der Waals surface area contributed by atoms with Crippen molar-refractivity contribution in [3.05, 3.63) is 107 Å². The Labute approximate surface area is 252 Å². The molecule has 1 fully saturated rings. The van der Waals surface area contributed by atoms with Gasteiger partial charge in [0.2, 0.25) is 0 Å². The summed E-state index contributed by atoms with van der Waals surface area (Å²) in [7, 11) is 0. The van der Waals surface area contributed by atoms with Crippen LogP contribution in [-0.4, -0.2) is 35.9 Å². The largest absolute Gasteiger partial charge is 0.445 e. The minimum atomic E-state index is -5.00. The summed E-state index contributed by atoms with van der Waals surface area (Å²) in [6.45, 7) is 3.15. The average molecular weight is 624 g/mol. The van der Waals surface area contributed by atoms with Crippen LogP contribution in [0, 0.1) is 5.41 Å². The van der Waals surface area contributed by atoms with Crippen molar-refractivity contribution >= 4 is 6.09 Å². The third-order valence-electron chi connectivity index (χ3n) is 8.30. The number of hydrogen-bond acceptors (Lipinski definition) is 4. The lowest BCUT2D eigenvalue weighted by Crippen LogP contribution is -2.59. The Balaban J connectivity index is 1.70. The fourth-order valence-corrected chi connectivity index (χ4v) is 5.62. The Morgan fingerprint density at radius 3 is 2.02 bits per heavy atom. The van der Waals surface area contributed by atoms with E-state index in [1.165, 1.54) is 11.8 Å². The number of halogens is 6. The average Bonchev–Trinajstić information content (AvgIpc) is 2.99. The molecule has 5 nitrogen and oxygen atoms in total. The van der Waals surface area contributed by atoms with Gasteiger partial charge in [-0.2, -0.15) is 26.3 Å². The fraction of sp³-hybridized carbons (Fsp3) is 0.424. The predicted molar refractivity (Wildman–Crippen MR) is 151 cm³/mol. The Hall–Kier alpha value is -3.57. The van der Waals surface area contributed by atoms with Gasteiger partial charge in [0, 0.05) is 13.2 Å². The molecule has 44 heavy (non-hydrogen) atoms. The highest BCUT2D eigenvalue weighted by atomic mass is 19.4. The van der Waals surface area contributed by atoms with Crippen LogP contribution < -0.4 is 0 Å². The number of piperidine rings is 1. The molecular weight excluding hydrogens is 588 g/mol. The highest BCUT2D eigenvalue weighted by Crippen LogP contribution is 2.47. The number of aliphatic hydroxyl groups is 1. The molecule has 4 rings (SSSR count). The quantitative estimate of drug-likeness (QED) is 0.243. The van der Waals surface area contributed by atoms with Gasteiger partial charge in [0.25, 0.3) is 0 Å². The summed E-state index contributed by atoms with van der Waals surface area (Å²) in [5.74, 6) is 0. The second kappa shape index (κ2) is 13.2. The molecule has 3 unspecified atom stereocenters. The normalized spacial score (nSPS) is 21.6. The van der Waals surface area contributed by atoms with Crippen LogP contribution in [0.4, 0.5) is 31.1 Å². The first-order valence-electron chi connectivity index (χ1n) is 14.2. The van der Waals surface area contributed by atoms with Gasteiger partial charge in [-0.25, -0.2) is 4.79 Å². The molecule has 1 N–H and O–H groups in total. The smallest absolute Gasteiger partial charge is 0.416 e. The summed E-state index contributed by atoms with van der Waals surface area (Å²) in [6.07, 6.45) is -10.5. The van der Waals surface area contributed by atoms with Gasteiger partial charge in [-0.1, -0.05) is 67.6 Å². The fourth-order valence-electron chi connectivity index (χ4n) is 5.62. The molecule has 1 aliphatic rings. The van der Waals surface area contributed by atoms with Crippen molar-refractivity contribution < 1.29 is 45.7 Å². The molecule has 11 heteroatoms. The third-order valence-corrected chi connectivity index (χ3v) is 8.30. The number of likely N-dealkylation sites (tertiary alicyclic amines) is 1. The summed E-state index contributed by atoms with van der Waals surface area (Å²) < 4.78 is 93.1. The van der Waals surface area contributed by atoms with E-state index in [2.05, 4.69) is 0 Å². The predicted octanol–water partition coefficient (Wildman–Crippen LogP) is 8.52. The van der Waals surface area contributed by atoms with Crippen LogP contribution >= 0.6 is 0 Å². The lowest BCUT2D eigenvalue weighted by Gasteiger charge is -2.52. The van der Waals surface area contributed by atoms with E-state index in [0.717, 1.165) is 5.56 Å². The number of hydrogen-bond donors (Lipinski definition) is 1. The van der Waals surface area contributed by atoms with Crippen LogP contribution in [0.2, 0.25) is 0 Å². The monoisotopic (exact) mass is 623 g/mol. The summed E-state index contributed by atoms with van der Waals surface area (Å²) in [6, 6.07) is 19.4. The number of amides is 1. The molecule has 1 aliphatic heterocycles. The SMILES string of the molecule is CC(OCC1(c2ccccc2)CCC(C)(CCO)CN1C(=O)OCc1ccccc1)c1cc(C(F)(F)F)cc(C(F)(F)F)c1. The van der Waals surface area contributed by atoms with Crippen LogP contribution in [0.1, 0.15) is 67.0 Å². The molecule has 3 aromatic carbocycles. The lowest BCUT2D eigenvalue weighted by atomic mass is 9.70. The van der Waals surface area contributed by atoms with Crippen molar-refractivity contribution in [1.29, 1.82) is 0 Å². The summed E-state index contributed by atoms with van der Waals surface area (Å²) >= 11 is 0. The molecule has 0 saturated carbocycles. The van der Waals surface area contributed by atoms with Gasteiger partial charge in [-0.3, -0.25) is 4.90 Å². The van der Waals surface area contributed by atoms with Crippen molar-refractivity contribution in [3.8, 4) is 0 Å². The number of ether oxygens (including phenoxy) is 2.